The molecule has 5 nitrogen and oxygen atoms in total. The van der Waals surface area contributed by atoms with Gasteiger partial charge in [0.15, 0.2) is 0 Å². The van der Waals surface area contributed by atoms with Crippen molar-refractivity contribution in [1.29, 1.82) is 0 Å². The SMILES string of the molecule is Cc1cc(NCCc2cccc(Cl)c2)nc(NCCN(C)C)n1. The molecule has 2 N–H and O–H groups in total. The molecule has 0 unspecified atom stereocenters. The molecule has 0 aliphatic rings. The van der Waals surface area contributed by atoms with E-state index in [-0.39, 0.29) is 0 Å². The molecule has 124 valence electrons. The smallest absolute Gasteiger partial charge is 0.224 e. The van der Waals surface area contributed by atoms with Gasteiger partial charge in [-0.05, 0) is 45.1 Å². The molecule has 1 heterocycles. The van der Waals surface area contributed by atoms with Crippen LogP contribution in [0.4, 0.5) is 11.8 Å². The monoisotopic (exact) mass is 333 g/mol. The van der Waals surface area contributed by atoms with Crippen LogP contribution in [0.2, 0.25) is 5.02 Å². The van der Waals surface area contributed by atoms with Crippen molar-refractivity contribution < 1.29 is 0 Å². The molecule has 0 spiro atoms. The maximum atomic E-state index is 6.00. The molecule has 1 aromatic carbocycles. The number of hydrogen-bond acceptors (Lipinski definition) is 5. The van der Waals surface area contributed by atoms with Gasteiger partial charge in [0.2, 0.25) is 5.95 Å². The Labute approximate surface area is 143 Å². The van der Waals surface area contributed by atoms with Gasteiger partial charge in [-0.15, -0.1) is 0 Å². The molecule has 0 fully saturated rings. The van der Waals surface area contributed by atoms with Crippen LogP contribution in [-0.2, 0) is 6.42 Å². The Hall–Kier alpha value is -1.85. The zero-order valence-electron chi connectivity index (χ0n) is 13.9. The molecule has 6 heteroatoms. The van der Waals surface area contributed by atoms with Gasteiger partial charge in [-0.1, -0.05) is 23.7 Å². The molecule has 2 aromatic rings. The largest absolute Gasteiger partial charge is 0.370 e. The number of rotatable bonds is 8. The Balaban J connectivity index is 1.88. The summed E-state index contributed by atoms with van der Waals surface area (Å²) in [7, 11) is 4.09. The number of likely N-dealkylation sites (N-methyl/N-ethyl adjacent to an activating group) is 1. The van der Waals surface area contributed by atoms with Gasteiger partial charge in [-0.2, -0.15) is 4.98 Å². The lowest BCUT2D eigenvalue weighted by Crippen LogP contribution is -2.21. The van der Waals surface area contributed by atoms with E-state index >= 15 is 0 Å². The lowest BCUT2D eigenvalue weighted by Gasteiger charge is -2.12. The minimum Gasteiger partial charge on any atom is -0.370 e. The minimum atomic E-state index is 0.664. The summed E-state index contributed by atoms with van der Waals surface area (Å²) in [6.45, 7) is 4.53. The molecule has 23 heavy (non-hydrogen) atoms. The Bertz CT molecular complexity index is 630. The molecular formula is C17H24ClN5. The fourth-order valence-corrected chi connectivity index (χ4v) is 2.37. The van der Waals surface area contributed by atoms with Gasteiger partial charge in [0.25, 0.3) is 0 Å². The second-order valence-electron chi connectivity index (χ2n) is 5.75. The molecule has 0 amide bonds. The second kappa shape index (κ2) is 8.70. The third-order valence-electron chi connectivity index (χ3n) is 3.31. The standard InChI is InChI=1S/C17H24ClN5/c1-13-11-16(22-17(21-13)20-9-10-23(2)3)19-8-7-14-5-4-6-15(18)12-14/h4-6,11-12H,7-10H2,1-3H3,(H2,19,20,21,22). The predicted molar refractivity (Wildman–Crippen MR) is 97.5 cm³/mol. The van der Waals surface area contributed by atoms with Crippen LogP contribution in [0.15, 0.2) is 30.3 Å². The number of anilines is 2. The molecule has 0 saturated carbocycles. The highest BCUT2D eigenvalue weighted by molar-refractivity contribution is 6.30. The number of hydrogen-bond donors (Lipinski definition) is 2. The number of aryl methyl sites for hydroxylation is 1. The fraction of sp³-hybridized carbons (Fsp3) is 0.412. The lowest BCUT2D eigenvalue weighted by atomic mass is 10.1. The van der Waals surface area contributed by atoms with Crippen molar-refractivity contribution in [2.75, 3.05) is 44.4 Å². The highest BCUT2D eigenvalue weighted by Gasteiger charge is 2.02. The van der Waals surface area contributed by atoms with E-state index in [1.807, 2.05) is 45.3 Å². The third kappa shape index (κ3) is 6.42. The Kier molecular flexibility index (Phi) is 6.62. The van der Waals surface area contributed by atoms with Crippen molar-refractivity contribution in [1.82, 2.24) is 14.9 Å². The Morgan fingerprint density at radius 3 is 2.65 bits per heavy atom. The average Bonchev–Trinajstić information content (AvgIpc) is 2.46. The van der Waals surface area contributed by atoms with Crippen LogP contribution in [0.3, 0.4) is 0 Å². The molecular weight excluding hydrogens is 310 g/mol. The summed E-state index contributed by atoms with van der Waals surface area (Å²) in [6, 6.07) is 9.88. The van der Waals surface area contributed by atoms with Crippen LogP contribution in [0.5, 0.6) is 0 Å². The highest BCUT2D eigenvalue weighted by Crippen LogP contribution is 2.12. The van der Waals surface area contributed by atoms with Crippen LogP contribution in [-0.4, -0.2) is 48.6 Å². The van der Waals surface area contributed by atoms with Crippen LogP contribution in [0.25, 0.3) is 0 Å². The van der Waals surface area contributed by atoms with Gasteiger partial charge >= 0.3 is 0 Å². The molecule has 2 rings (SSSR count). The topological polar surface area (TPSA) is 53.1 Å². The minimum absolute atomic E-state index is 0.664. The summed E-state index contributed by atoms with van der Waals surface area (Å²) < 4.78 is 0. The number of benzene rings is 1. The van der Waals surface area contributed by atoms with E-state index in [0.29, 0.717) is 5.95 Å². The van der Waals surface area contributed by atoms with Gasteiger partial charge in [0, 0.05) is 36.4 Å². The van der Waals surface area contributed by atoms with E-state index in [1.165, 1.54) is 5.56 Å². The third-order valence-corrected chi connectivity index (χ3v) is 3.54. The summed E-state index contributed by atoms with van der Waals surface area (Å²) in [5, 5.41) is 7.37. The van der Waals surface area contributed by atoms with Crippen LogP contribution in [0.1, 0.15) is 11.3 Å². The first-order valence-electron chi connectivity index (χ1n) is 7.75. The van der Waals surface area contributed by atoms with E-state index in [4.69, 9.17) is 11.6 Å². The van der Waals surface area contributed by atoms with Gasteiger partial charge in [0.1, 0.15) is 5.82 Å². The molecule has 0 saturated heterocycles. The second-order valence-corrected chi connectivity index (χ2v) is 6.19. The normalized spacial score (nSPS) is 10.8. The Morgan fingerprint density at radius 2 is 1.91 bits per heavy atom. The van der Waals surface area contributed by atoms with E-state index in [0.717, 1.165) is 42.6 Å². The summed E-state index contributed by atoms with van der Waals surface area (Å²) in [6.07, 6.45) is 0.896. The van der Waals surface area contributed by atoms with Gasteiger partial charge < -0.3 is 15.5 Å². The van der Waals surface area contributed by atoms with E-state index in [9.17, 15) is 0 Å². The summed E-state index contributed by atoms with van der Waals surface area (Å²) >= 11 is 6.00. The average molecular weight is 334 g/mol. The Morgan fingerprint density at radius 1 is 1.09 bits per heavy atom. The number of nitrogens with zero attached hydrogens (tertiary/aromatic N) is 3. The predicted octanol–water partition coefficient (Wildman–Crippen LogP) is 3.07. The number of nitrogens with one attached hydrogen (secondary N) is 2. The quantitative estimate of drug-likeness (QED) is 0.777. The van der Waals surface area contributed by atoms with Crippen LogP contribution in [0, 0.1) is 6.92 Å². The number of aromatic nitrogens is 2. The van der Waals surface area contributed by atoms with Crippen molar-refractivity contribution in [2.24, 2.45) is 0 Å². The summed E-state index contributed by atoms with van der Waals surface area (Å²) in [4.78, 5) is 11.0. The first kappa shape index (κ1) is 17.5. The van der Waals surface area contributed by atoms with Gasteiger partial charge in [-0.3, -0.25) is 0 Å². The van der Waals surface area contributed by atoms with E-state index < -0.39 is 0 Å². The summed E-state index contributed by atoms with van der Waals surface area (Å²) in [5.74, 6) is 1.50. The molecule has 0 radical (unpaired) electrons. The van der Waals surface area contributed by atoms with E-state index in [2.05, 4.69) is 31.6 Å². The van der Waals surface area contributed by atoms with Crippen molar-refractivity contribution in [3.05, 3.63) is 46.6 Å². The fourth-order valence-electron chi connectivity index (χ4n) is 2.16. The zero-order chi connectivity index (χ0) is 16.7. The summed E-state index contributed by atoms with van der Waals surface area (Å²) in [5.41, 5.74) is 2.15. The molecule has 0 atom stereocenters. The van der Waals surface area contributed by atoms with E-state index in [1.54, 1.807) is 0 Å². The highest BCUT2D eigenvalue weighted by atomic mass is 35.5. The van der Waals surface area contributed by atoms with Crippen molar-refractivity contribution in [3.8, 4) is 0 Å². The first-order chi connectivity index (χ1) is 11.0. The molecule has 0 bridgehead atoms. The molecule has 0 aliphatic carbocycles. The van der Waals surface area contributed by atoms with Crippen LogP contribution >= 0.6 is 11.6 Å². The van der Waals surface area contributed by atoms with Crippen molar-refractivity contribution in [2.45, 2.75) is 13.3 Å². The van der Waals surface area contributed by atoms with Crippen molar-refractivity contribution >= 4 is 23.4 Å². The number of halogens is 1. The molecule has 0 aliphatic heterocycles. The maximum absolute atomic E-state index is 6.00. The molecule has 1 aromatic heterocycles. The van der Waals surface area contributed by atoms with Gasteiger partial charge in [-0.25, -0.2) is 4.98 Å². The van der Waals surface area contributed by atoms with Crippen LogP contribution < -0.4 is 10.6 Å². The first-order valence-corrected chi connectivity index (χ1v) is 8.13. The van der Waals surface area contributed by atoms with Gasteiger partial charge in [0.05, 0.1) is 0 Å². The maximum Gasteiger partial charge on any atom is 0.224 e. The van der Waals surface area contributed by atoms with Crippen molar-refractivity contribution in [3.63, 3.8) is 0 Å². The lowest BCUT2D eigenvalue weighted by molar-refractivity contribution is 0.425. The zero-order valence-corrected chi connectivity index (χ0v) is 14.7.